The molecule has 0 amide bonds. The second kappa shape index (κ2) is 6.37. The lowest BCUT2D eigenvalue weighted by molar-refractivity contribution is 0.565. The van der Waals surface area contributed by atoms with E-state index in [-0.39, 0.29) is 0 Å². The van der Waals surface area contributed by atoms with Crippen LogP contribution >= 0.6 is 23.4 Å². The number of halogens is 3. The lowest BCUT2D eigenvalue weighted by Gasteiger charge is -2.07. The molecule has 2 rings (SSSR count). The van der Waals surface area contributed by atoms with Crippen LogP contribution in [-0.2, 0) is 6.54 Å². The van der Waals surface area contributed by atoms with Crippen molar-refractivity contribution in [1.29, 1.82) is 0 Å². The SMILES string of the molecule is CNCc1ccc(Sc2ccc(F)cc2F)cc1Cl. The Labute approximate surface area is 120 Å². The quantitative estimate of drug-likeness (QED) is 0.893. The van der Waals surface area contributed by atoms with E-state index in [9.17, 15) is 8.78 Å². The largest absolute Gasteiger partial charge is 0.316 e. The van der Waals surface area contributed by atoms with Gasteiger partial charge in [-0.05, 0) is 36.9 Å². The Morgan fingerprint density at radius 3 is 2.58 bits per heavy atom. The van der Waals surface area contributed by atoms with Gasteiger partial charge in [0.05, 0.1) is 0 Å². The van der Waals surface area contributed by atoms with Crippen LogP contribution in [0.4, 0.5) is 8.78 Å². The van der Waals surface area contributed by atoms with Gasteiger partial charge in [0, 0.05) is 27.4 Å². The van der Waals surface area contributed by atoms with E-state index in [1.165, 1.54) is 23.9 Å². The molecule has 0 aliphatic heterocycles. The van der Waals surface area contributed by atoms with Crippen LogP contribution in [0, 0.1) is 11.6 Å². The van der Waals surface area contributed by atoms with Gasteiger partial charge in [0.2, 0.25) is 0 Å². The summed E-state index contributed by atoms with van der Waals surface area (Å²) < 4.78 is 26.3. The van der Waals surface area contributed by atoms with Crippen molar-refractivity contribution in [1.82, 2.24) is 5.32 Å². The Morgan fingerprint density at radius 1 is 1.16 bits per heavy atom. The van der Waals surface area contributed by atoms with Crippen molar-refractivity contribution in [2.45, 2.75) is 16.3 Å². The molecule has 1 N–H and O–H groups in total. The summed E-state index contributed by atoms with van der Waals surface area (Å²) in [6, 6.07) is 9.07. The molecule has 0 fully saturated rings. The lowest BCUT2D eigenvalue weighted by Crippen LogP contribution is -2.05. The van der Waals surface area contributed by atoms with E-state index in [0.717, 1.165) is 16.5 Å². The van der Waals surface area contributed by atoms with Crippen molar-refractivity contribution in [3.05, 3.63) is 58.6 Å². The third-order valence-corrected chi connectivity index (χ3v) is 3.91. The monoisotopic (exact) mass is 299 g/mol. The van der Waals surface area contributed by atoms with Crippen molar-refractivity contribution in [2.75, 3.05) is 7.05 Å². The Balaban J connectivity index is 2.21. The first-order valence-corrected chi connectivity index (χ1v) is 6.85. The fourth-order valence-electron chi connectivity index (χ4n) is 1.61. The molecule has 0 spiro atoms. The zero-order valence-electron chi connectivity index (χ0n) is 10.2. The van der Waals surface area contributed by atoms with Crippen LogP contribution in [0.3, 0.4) is 0 Å². The highest BCUT2D eigenvalue weighted by Crippen LogP contribution is 2.32. The van der Waals surface area contributed by atoms with Gasteiger partial charge in [0.15, 0.2) is 0 Å². The van der Waals surface area contributed by atoms with Crippen molar-refractivity contribution in [2.24, 2.45) is 0 Å². The van der Waals surface area contributed by atoms with Gasteiger partial charge in [-0.2, -0.15) is 0 Å². The highest BCUT2D eigenvalue weighted by molar-refractivity contribution is 7.99. The van der Waals surface area contributed by atoms with E-state index in [1.54, 1.807) is 6.07 Å². The molecule has 100 valence electrons. The maximum atomic E-state index is 13.5. The predicted molar refractivity (Wildman–Crippen MR) is 74.7 cm³/mol. The van der Waals surface area contributed by atoms with Crippen LogP contribution in [0.2, 0.25) is 5.02 Å². The van der Waals surface area contributed by atoms with Gasteiger partial charge in [-0.3, -0.25) is 0 Å². The molecule has 0 aliphatic carbocycles. The van der Waals surface area contributed by atoms with Crippen LogP contribution in [0.25, 0.3) is 0 Å². The van der Waals surface area contributed by atoms with Crippen LogP contribution in [0.5, 0.6) is 0 Å². The van der Waals surface area contributed by atoms with Gasteiger partial charge < -0.3 is 5.32 Å². The van der Waals surface area contributed by atoms with Gasteiger partial charge in [0.25, 0.3) is 0 Å². The number of nitrogens with one attached hydrogen (secondary N) is 1. The first kappa shape index (κ1) is 14.3. The number of hydrogen-bond donors (Lipinski definition) is 1. The second-order valence-electron chi connectivity index (χ2n) is 3.96. The van der Waals surface area contributed by atoms with Crippen molar-refractivity contribution < 1.29 is 8.78 Å². The molecule has 5 heteroatoms. The molecule has 0 radical (unpaired) electrons. The molecule has 2 aromatic carbocycles. The molecule has 0 atom stereocenters. The molecule has 19 heavy (non-hydrogen) atoms. The molecular formula is C14H12ClF2NS. The zero-order valence-corrected chi connectivity index (χ0v) is 11.8. The maximum absolute atomic E-state index is 13.5. The molecule has 0 saturated carbocycles. The summed E-state index contributed by atoms with van der Waals surface area (Å²) in [6.07, 6.45) is 0. The minimum absolute atomic E-state index is 0.374. The Morgan fingerprint density at radius 2 is 1.95 bits per heavy atom. The highest BCUT2D eigenvalue weighted by Gasteiger charge is 2.07. The summed E-state index contributed by atoms with van der Waals surface area (Å²) >= 11 is 7.35. The summed E-state index contributed by atoms with van der Waals surface area (Å²) in [5.74, 6) is -1.15. The zero-order chi connectivity index (χ0) is 13.8. The lowest BCUT2D eigenvalue weighted by atomic mass is 10.2. The van der Waals surface area contributed by atoms with Crippen LogP contribution in [-0.4, -0.2) is 7.05 Å². The van der Waals surface area contributed by atoms with Gasteiger partial charge in [-0.1, -0.05) is 29.4 Å². The van der Waals surface area contributed by atoms with E-state index in [4.69, 9.17) is 11.6 Å². The predicted octanol–water partition coefficient (Wildman–Crippen LogP) is 4.49. The third kappa shape index (κ3) is 3.69. The summed E-state index contributed by atoms with van der Waals surface area (Å²) in [7, 11) is 1.84. The molecule has 0 aromatic heterocycles. The van der Waals surface area contributed by atoms with Gasteiger partial charge in [-0.25, -0.2) is 8.78 Å². The number of rotatable bonds is 4. The summed E-state index contributed by atoms with van der Waals surface area (Å²) in [4.78, 5) is 1.19. The first-order chi connectivity index (χ1) is 9.10. The molecular weight excluding hydrogens is 288 g/mol. The number of hydrogen-bond acceptors (Lipinski definition) is 2. The third-order valence-electron chi connectivity index (χ3n) is 2.51. The molecule has 0 aliphatic rings. The summed E-state index contributed by atoms with van der Waals surface area (Å²) in [6.45, 7) is 0.675. The number of benzene rings is 2. The normalized spacial score (nSPS) is 10.7. The topological polar surface area (TPSA) is 12.0 Å². The van der Waals surface area contributed by atoms with Gasteiger partial charge in [-0.15, -0.1) is 0 Å². The van der Waals surface area contributed by atoms with Crippen LogP contribution < -0.4 is 5.32 Å². The fraction of sp³-hybridized carbons (Fsp3) is 0.143. The van der Waals surface area contributed by atoms with E-state index in [2.05, 4.69) is 5.32 Å². The van der Waals surface area contributed by atoms with Crippen molar-refractivity contribution >= 4 is 23.4 Å². The standard InChI is InChI=1S/C14H12ClF2NS/c1-18-8-9-2-4-11(7-12(9)15)19-14-5-3-10(16)6-13(14)17/h2-7,18H,8H2,1H3. The molecule has 0 heterocycles. The fourth-order valence-corrected chi connectivity index (χ4v) is 2.78. The minimum Gasteiger partial charge on any atom is -0.316 e. The molecule has 0 unspecified atom stereocenters. The minimum atomic E-state index is -0.579. The molecule has 1 nitrogen and oxygen atoms in total. The van der Waals surface area contributed by atoms with Crippen LogP contribution in [0.1, 0.15) is 5.56 Å². The second-order valence-corrected chi connectivity index (χ2v) is 5.48. The Kier molecular flexibility index (Phi) is 4.80. The average molecular weight is 300 g/mol. The van der Waals surface area contributed by atoms with Gasteiger partial charge in [0.1, 0.15) is 11.6 Å². The van der Waals surface area contributed by atoms with E-state index in [0.29, 0.717) is 16.5 Å². The smallest absolute Gasteiger partial charge is 0.140 e. The molecule has 0 bridgehead atoms. The van der Waals surface area contributed by atoms with E-state index >= 15 is 0 Å². The average Bonchev–Trinajstić information content (AvgIpc) is 2.36. The molecule has 2 aromatic rings. The highest BCUT2D eigenvalue weighted by atomic mass is 35.5. The maximum Gasteiger partial charge on any atom is 0.140 e. The van der Waals surface area contributed by atoms with Crippen molar-refractivity contribution in [3.63, 3.8) is 0 Å². The van der Waals surface area contributed by atoms with E-state index in [1.807, 2.05) is 19.2 Å². The molecule has 0 saturated heterocycles. The van der Waals surface area contributed by atoms with Crippen LogP contribution in [0.15, 0.2) is 46.2 Å². The summed E-state index contributed by atoms with van der Waals surface area (Å²) in [5, 5.41) is 3.64. The Hall–Kier alpha value is -1.10. The Bertz CT molecular complexity index is 590. The van der Waals surface area contributed by atoms with Crippen molar-refractivity contribution in [3.8, 4) is 0 Å². The van der Waals surface area contributed by atoms with Gasteiger partial charge >= 0.3 is 0 Å². The summed E-state index contributed by atoms with van der Waals surface area (Å²) in [5.41, 5.74) is 0.980. The first-order valence-electron chi connectivity index (χ1n) is 5.66. The van der Waals surface area contributed by atoms with E-state index < -0.39 is 11.6 Å².